The molecule has 0 atom stereocenters. The minimum atomic E-state index is -0.409. The van der Waals surface area contributed by atoms with Gasteiger partial charge in [-0.15, -0.1) is 0 Å². The summed E-state index contributed by atoms with van der Waals surface area (Å²) >= 11 is 0. The maximum atomic E-state index is 12.6. The average molecular weight is 360 g/mol. The molecule has 4 heterocycles. The molecule has 0 radical (unpaired) electrons. The van der Waals surface area contributed by atoms with E-state index in [1.165, 1.54) is 30.3 Å². The monoisotopic (exact) mass is 360 g/mol. The molecule has 0 unspecified atom stereocenters. The van der Waals surface area contributed by atoms with Crippen LogP contribution < -0.4 is 16.1 Å². The summed E-state index contributed by atoms with van der Waals surface area (Å²) in [6.45, 7) is 5.80. The Hall–Kier alpha value is -2.09. The first-order valence-electron chi connectivity index (χ1n) is 9.82. The highest BCUT2D eigenvalue weighted by molar-refractivity contribution is 5.74. The summed E-state index contributed by atoms with van der Waals surface area (Å²) in [6, 6.07) is 0. The SMILES string of the molecule is Cn1c(=O)[nH]c(=O)c2c1nc(N1CCCCC1)n2CCN1CCCCC1. The quantitative estimate of drug-likeness (QED) is 0.876. The number of fused-ring (bicyclic) bond motifs is 1. The molecule has 26 heavy (non-hydrogen) atoms. The lowest BCUT2D eigenvalue weighted by molar-refractivity contribution is 0.221. The fraction of sp³-hybridized carbons (Fsp3) is 0.722. The standard InChI is InChI=1S/C18H28N6O2/c1-21-15-14(16(25)20-18(21)26)24(13-12-22-8-4-2-5-9-22)17(19-15)23-10-6-3-7-11-23/h2-13H2,1H3,(H,20,25,26). The van der Waals surface area contributed by atoms with Crippen LogP contribution in [0.1, 0.15) is 38.5 Å². The molecule has 8 nitrogen and oxygen atoms in total. The van der Waals surface area contributed by atoms with E-state index in [4.69, 9.17) is 4.98 Å². The number of rotatable bonds is 4. The number of H-pyrrole nitrogens is 1. The van der Waals surface area contributed by atoms with Gasteiger partial charge in [0.15, 0.2) is 11.2 Å². The number of nitrogens with one attached hydrogen (secondary N) is 1. The zero-order valence-electron chi connectivity index (χ0n) is 15.5. The summed E-state index contributed by atoms with van der Waals surface area (Å²) in [5, 5.41) is 0. The molecule has 0 aromatic carbocycles. The Morgan fingerprint density at radius 3 is 2.27 bits per heavy atom. The van der Waals surface area contributed by atoms with Crippen LogP contribution in [0.2, 0.25) is 0 Å². The molecule has 2 fully saturated rings. The normalized spacial score (nSPS) is 19.3. The van der Waals surface area contributed by atoms with E-state index in [9.17, 15) is 9.59 Å². The van der Waals surface area contributed by atoms with Crippen LogP contribution in [0.4, 0.5) is 5.95 Å². The Balaban J connectivity index is 1.75. The van der Waals surface area contributed by atoms with Gasteiger partial charge >= 0.3 is 5.69 Å². The van der Waals surface area contributed by atoms with Crippen LogP contribution >= 0.6 is 0 Å². The highest BCUT2D eigenvalue weighted by Crippen LogP contribution is 2.23. The molecule has 2 aromatic rings. The van der Waals surface area contributed by atoms with Crippen molar-refractivity contribution in [2.24, 2.45) is 7.05 Å². The number of aromatic amines is 1. The highest BCUT2D eigenvalue weighted by atomic mass is 16.2. The van der Waals surface area contributed by atoms with Crippen molar-refractivity contribution in [1.29, 1.82) is 0 Å². The van der Waals surface area contributed by atoms with Crippen LogP contribution in [0, 0.1) is 0 Å². The van der Waals surface area contributed by atoms with E-state index in [0.717, 1.165) is 58.1 Å². The van der Waals surface area contributed by atoms with Crippen molar-refractivity contribution in [1.82, 2.24) is 24.0 Å². The van der Waals surface area contributed by atoms with Crippen molar-refractivity contribution in [3.8, 4) is 0 Å². The van der Waals surface area contributed by atoms with Crippen LogP contribution in [0.25, 0.3) is 11.2 Å². The zero-order chi connectivity index (χ0) is 18.1. The van der Waals surface area contributed by atoms with Gasteiger partial charge in [0.05, 0.1) is 0 Å². The number of hydrogen-bond donors (Lipinski definition) is 1. The largest absolute Gasteiger partial charge is 0.342 e. The van der Waals surface area contributed by atoms with Gasteiger partial charge in [-0.3, -0.25) is 14.3 Å². The third kappa shape index (κ3) is 3.18. The second-order valence-electron chi connectivity index (χ2n) is 7.50. The molecular formula is C18H28N6O2. The first kappa shape index (κ1) is 17.3. The molecule has 0 spiro atoms. The Kier molecular flexibility index (Phi) is 4.84. The third-order valence-electron chi connectivity index (χ3n) is 5.71. The van der Waals surface area contributed by atoms with Crippen molar-refractivity contribution >= 4 is 17.1 Å². The van der Waals surface area contributed by atoms with Crippen LogP contribution in [-0.2, 0) is 13.6 Å². The molecule has 0 aliphatic carbocycles. The van der Waals surface area contributed by atoms with Gasteiger partial charge < -0.3 is 14.4 Å². The van der Waals surface area contributed by atoms with Crippen molar-refractivity contribution in [2.75, 3.05) is 37.6 Å². The van der Waals surface area contributed by atoms with Crippen molar-refractivity contribution in [3.05, 3.63) is 20.8 Å². The van der Waals surface area contributed by atoms with Crippen molar-refractivity contribution < 1.29 is 0 Å². The molecule has 2 aliphatic rings. The molecule has 0 saturated carbocycles. The summed E-state index contributed by atoms with van der Waals surface area (Å²) in [7, 11) is 1.67. The molecular weight excluding hydrogens is 332 g/mol. The lowest BCUT2D eigenvalue weighted by Gasteiger charge is -2.30. The third-order valence-corrected chi connectivity index (χ3v) is 5.71. The van der Waals surface area contributed by atoms with Gasteiger partial charge in [0.1, 0.15) is 0 Å². The molecule has 142 valence electrons. The molecule has 2 aliphatic heterocycles. The van der Waals surface area contributed by atoms with E-state index >= 15 is 0 Å². The Morgan fingerprint density at radius 2 is 1.58 bits per heavy atom. The summed E-state index contributed by atoms with van der Waals surface area (Å²) in [5.41, 5.74) is 0.258. The van der Waals surface area contributed by atoms with Gasteiger partial charge in [0, 0.05) is 33.2 Å². The maximum Gasteiger partial charge on any atom is 0.329 e. The van der Waals surface area contributed by atoms with E-state index in [2.05, 4.69) is 14.8 Å². The van der Waals surface area contributed by atoms with Gasteiger partial charge in [-0.1, -0.05) is 6.42 Å². The highest BCUT2D eigenvalue weighted by Gasteiger charge is 2.23. The second-order valence-corrected chi connectivity index (χ2v) is 7.50. The minimum Gasteiger partial charge on any atom is -0.342 e. The first-order chi connectivity index (χ1) is 12.6. The Labute approximate surface area is 152 Å². The van der Waals surface area contributed by atoms with Gasteiger partial charge in [0.25, 0.3) is 5.56 Å². The fourth-order valence-corrected chi connectivity index (χ4v) is 4.19. The smallest absolute Gasteiger partial charge is 0.329 e. The number of anilines is 1. The predicted molar refractivity (Wildman–Crippen MR) is 102 cm³/mol. The van der Waals surface area contributed by atoms with Crippen molar-refractivity contribution in [2.45, 2.75) is 45.1 Å². The van der Waals surface area contributed by atoms with Crippen LogP contribution in [0.3, 0.4) is 0 Å². The van der Waals surface area contributed by atoms with Crippen molar-refractivity contribution in [3.63, 3.8) is 0 Å². The summed E-state index contributed by atoms with van der Waals surface area (Å²) < 4.78 is 3.48. The number of aryl methyl sites for hydroxylation is 1. The maximum absolute atomic E-state index is 12.6. The first-order valence-corrected chi connectivity index (χ1v) is 9.82. The van der Waals surface area contributed by atoms with E-state index < -0.39 is 5.69 Å². The number of imidazole rings is 1. The van der Waals surface area contributed by atoms with Crippen LogP contribution in [0.15, 0.2) is 9.59 Å². The van der Waals surface area contributed by atoms with E-state index in [1.54, 1.807) is 7.05 Å². The second kappa shape index (κ2) is 7.26. The van der Waals surface area contributed by atoms with E-state index in [0.29, 0.717) is 11.2 Å². The molecule has 2 saturated heterocycles. The number of aromatic nitrogens is 4. The number of nitrogens with zero attached hydrogens (tertiary/aromatic N) is 5. The predicted octanol–water partition coefficient (Wildman–Crippen LogP) is 0.899. The van der Waals surface area contributed by atoms with E-state index in [-0.39, 0.29) is 5.56 Å². The molecule has 8 heteroatoms. The molecule has 0 bridgehead atoms. The van der Waals surface area contributed by atoms with E-state index in [1.807, 2.05) is 4.57 Å². The number of likely N-dealkylation sites (tertiary alicyclic amines) is 1. The Morgan fingerprint density at radius 1 is 0.923 bits per heavy atom. The lowest BCUT2D eigenvalue weighted by atomic mass is 10.1. The number of piperidine rings is 2. The molecule has 1 N–H and O–H groups in total. The average Bonchev–Trinajstić information content (AvgIpc) is 3.06. The number of hydrogen-bond acceptors (Lipinski definition) is 5. The summed E-state index contributed by atoms with van der Waals surface area (Å²) in [5.74, 6) is 0.836. The van der Waals surface area contributed by atoms with Gasteiger partial charge in [-0.05, 0) is 45.2 Å². The molecule has 0 amide bonds. The molecule has 2 aromatic heterocycles. The summed E-state index contributed by atoms with van der Waals surface area (Å²) in [4.78, 5) is 36.5. The lowest BCUT2D eigenvalue weighted by Crippen LogP contribution is -2.35. The van der Waals surface area contributed by atoms with Gasteiger partial charge in [-0.25, -0.2) is 4.79 Å². The minimum absolute atomic E-state index is 0.336. The zero-order valence-corrected chi connectivity index (χ0v) is 15.5. The topological polar surface area (TPSA) is 79.2 Å². The van der Waals surface area contributed by atoms with Crippen LogP contribution in [-0.4, -0.2) is 56.7 Å². The van der Waals surface area contributed by atoms with Gasteiger partial charge in [0.2, 0.25) is 5.95 Å². The van der Waals surface area contributed by atoms with Crippen LogP contribution in [0.5, 0.6) is 0 Å². The molecule has 4 rings (SSSR count). The fourth-order valence-electron chi connectivity index (χ4n) is 4.19. The Bertz CT molecular complexity index is 883. The summed E-state index contributed by atoms with van der Waals surface area (Å²) in [6.07, 6.45) is 7.33. The van der Waals surface area contributed by atoms with Gasteiger partial charge in [-0.2, -0.15) is 4.98 Å².